The SMILES string of the molecule is CCC1CCN1C(=O)c1ccc2c(c1)C(=O)N(c1ccc(NC(C)=O)cc1)C2=O. The van der Waals surface area contributed by atoms with Crippen LogP contribution in [0, 0.1) is 0 Å². The van der Waals surface area contributed by atoms with Crippen LogP contribution in [-0.4, -0.2) is 41.1 Å². The zero-order valence-corrected chi connectivity index (χ0v) is 16.3. The Morgan fingerprint density at radius 2 is 1.72 bits per heavy atom. The number of nitrogens with zero attached hydrogens (tertiary/aromatic N) is 2. The molecule has 4 amide bonds. The molecule has 2 aliphatic heterocycles. The average Bonchev–Trinajstić information content (AvgIpc) is 2.92. The van der Waals surface area contributed by atoms with Gasteiger partial charge < -0.3 is 10.2 Å². The molecule has 7 nitrogen and oxygen atoms in total. The van der Waals surface area contributed by atoms with Crippen molar-refractivity contribution >= 4 is 35.0 Å². The molecule has 1 unspecified atom stereocenters. The molecule has 29 heavy (non-hydrogen) atoms. The van der Waals surface area contributed by atoms with E-state index in [0.717, 1.165) is 17.7 Å². The molecule has 0 aliphatic carbocycles. The highest BCUT2D eigenvalue weighted by molar-refractivity contribution is 6.34. The summed E-state index contributed by atoms with van der Waals surface area (Å²) in [5, 5.41) is 2.64. The summed E-state index contributed by atoms with van der Waals surface area (Å²) < 4.78 is 0. The lowest BCUT2D eigenvalue weighted by atomic mass is 9.97. The van der Waals surface area contributed by atoms with Gasteiger partial charge in [-0.05, 0) is 55.3 Å². The van der Waals surface area contributed by atoms with Gasteiger partial charge in [0, 0.05) is 30.8 Å². The molecule has 0 aromatic heterocycles. The van der Waals surface area contributed by atoms with Crippen molar-refractivity contribution in [3.05, 3.63) is 59.2 Å². The van der Waals surface area contributed by atoms with E-state index < -0.39 is 11.8 Å². The molecular formula is C22H21N3O4. The van der Waals surface area contributed by atoms with Gasteiger partial charge >= 0.3 is 0 Å². The molecule has 2 heterocycles. The topological polar surface area (TPSA) is 86.8 Å². The van der Waals surface area contributed by atoms with E-state index in [4.69, 9.17) is 0 Å². The zero-order chi connectivity index (χ0) is 20.7. The monoisotopic (exact) mass is 391 g/mol. The lowest BCUT2D eigenvalue weighted by molar-refractivity contribution is -0.114. The first-order valence-electron chi connectivity index (χ1n) is 9.62. The maximum Gasteiger partial charge on any atom is 0.266 e. The van der Waals surface area contributed by atoms with E-state index in [2.05, 4.69) is 5.32 Å². The first-order chi connectivity index (χ1) is 13.9. The smallest absolute Gasteiger partial charge is 0.266 e. The number of rotatable bonds is 4. The quantitative estimate of drug-likeness (QED) is 0.812. The van der Waals surface area contributed by atoms with Crippen molar-refractivity contribution in [1.29, 1.82) is 0 Å². The van der Waals surface area contributed by atoms with Crippen LogP contribution in [0.1, 0.15) is 57.8 Å². The van der Waals surface area contributed by atoms with E-state index in [1.54, 1.807) is 36.4 Å². The van der Waals surface area contributed by atoms with E-state index >= 15 is 0 Å². The first-order valence-corrected chi connectivity index (χ1v) is 9.62. The molecule has 0 bridgehead atoms. The largest absolute Gasteiger partial charge is 0.336 e. The second kappa shape index (κ2) is 7.16. The summed E-state index contributed by atoms with van der Waals surface area (Å²) in [5.74, 6) is -1.19. The second-order valence-corrected chi connectivity index (χ2v) is 7.28. The van der Waals surface area contributed by atoms with Gasteiger partial charge in [-0.15, -0.1) is 0 Å². The van der Waals surface area contributed by atoms with Crippen LogP contribution in [0.15, 0.2) is 42.5 Å². The number of nitrogens with one attached hydrogen (secondary N) is 1. The summed E-state index contributed by atoms with van der Waals surface area (Å²) in [5.41, 5.74) is 1.93. The Bertz CT molecular complexity index is 1030. The van der Waals surface area contributed by atoms with Gasteiger partial charge in [0.25, 0.3) is 17.7 Å². The number of carbonyl (C=O) groups is 4. The van der Waals surface area contributed by atoms with Crippen LogP contribution in [0.2, 0.25) is 0 Å². The molecule has 0 saturated carbocycles. The van der Waals surface area contributed by atoms with Crippen molar-refractivity contribution < 1.29 is 19.2 Å². The summed E-state index contributed by atoms with van der Waals surface area (Å²) in [6, 6.07) is 11.4. The van der Waals surface area contributed by atoms with Crippen molar-refractivity contribution in [2.75, 3.05) is 16.8 Å². The minimum Gasteiger partial charge on any atom is -0.336 e. The molecule has 2 aromatic carbocycles. The highest BCUT2D eigenvalue weighted by Gasteiger charge is 2.38. The Hall–Kier alpha value is -3.48. The molecule has 2 aromatic rings. The van der Waals surface area contributed by atoms with Gasteiger partial charge in [0.2, 0.25) is 5.91 Å². The molecule has 0 radical (unpaired) electrons. The number of hydrogen-bond donors (Lipinski definition) is 1. The van der Waals surface area contributed by atoms with E-state index in [9.17, 15) is 19.2 Å². The number of anilines is 2. The van der Waals surface area contributed by atoms with Gasteiger partial charge in [-0.3, -0.25) is 19.2 Å². The van der Waals surface area contributed by atoms with E-state index in [1.807, 2.05) is 11.8 Å². The highest BCUT2D eigenvalue weighted by Crippen LogP contribution is 2.31. The number of likely N-dealkylation sites (tertiary alicyclic amines) is 1. The summed E-state index contributed by atoms with van der Waals surface area (Å²) in [7, 11) is 0. The maximum atomic E-state index is 12.9. The van der Waals surface area contributed by atoms with Gasteiger partial charge in [-0.25, -0.2) is 4.90 Å². The molecule has 1 N–H and O–H groups in total. The highest BCUT2D eigenvalue weighted by atomic mass is 16.2. The van der Waals surface area contributed by atoms with Gasteiger partial charge in [0.15, 0.2) is 0 Å². The Kier molecular flexibility index (Phi) is 4.66. The summed E-state index contributed by atoms with van der Waals surface area (Å²) in [6.45, 7) is 4.16. The van der Waals surface area contributed by atoms with Crippen LogP contribution in [0.3, 0.4) is 0 Å². The molecule has 1 fully saturated rings. The van der Waals surface area contributed by atoms with E-state index in [0.29, 0.717) is 23.5 Å². The average molecular weight is 391 g/mol. The fourth-order valence-corrected chi connectivity index (χ4v) is 3.80. The third-order valence-corrected chi connectivity index (χ3v) is 5.46. The molecule has 1 saturated heterocycles. The summed E-state index contributed by atoms with van der Waals surface area (Å²) >= 11 is 0. The Morgan fingerprint density at radius 3 is 2.31 bits per heavy atom. The lowest BCUT2D eigenvalue weighted by Gasteiger charge is -2.40. The van der Waals surface area contributed by atoms with Crippen LogP contribution in [0.5, 0.6) is 0 Å². The fourth-order valence-electron chi connectivity index (χ4n) is 3.80. The van der Waals surface area contributed by atoms with Crippen LogP contribution in [-0.2, 0) is 4.79 Å². The van der Waals surface area contributed by atoms with Crippen LogP contribution < -0.4 is 10.2 Å². The zero-order valence-electron chi connectivity index (χ0n) is 16.3. The number of amides is 4. The van der Waals surface area contributed by atoms with Crippen molar-refractivity contribution in [1.82, 2.24) is 4.90 Å². The fraction of sp³-hybridized carbons (Fsp3) is 0.273. The standard InChI is InChI=1S/C22H21N3O4/c1-3-16-10-11-24(16)20(27)14-4-9-18-19(12-14)22(29)25(21(18)28)17-7-5-15(6-8-17)23-13(2)26/h4-9,12,16H,3,10-11H2,1-2H3,(H,23,26). The van der Waals surface area contributed by atoms with Crippen molar-refractivity contribution in [2.24, 2.45) is 0 Å². The molecule has 1 atom stereocenters. The third-order valence-electron chi connectivity index (χ3n) is 5.46. The first kappa shape index (κ1) is 18.9. The van der Waals surface area contributed by atoms with Crippen LogP contribution >= 0.6 is 0 Å². The Balaban J connectivity index is 1.60. The molecule has 4 rings (SSSR count). The van der Waals surface area contributed by atoms with Gasteiger partial charge in [0.1, 0.15) is 0 Å². The molecule has 7 heteroatoms. The Labute approximate surface area is 168 Å². The number of benzene rings is 2. The second-order valence-electron chi connectivity index (χ2n) is 7.28. The molecule has 0 spiro atoms. The summed E-state index contributed by atoms with van der Waals surface area (Å²) in [6.07, 6.45) is 1.89. The maximum absolute atomic E-state index is 12.9. The number of carbonyl (C=O) groups excluding carboxylic acids is 4. The predicted octanol–water partition coefficient (Wildman–Crippen LogP) is 3.07. The number of hydrogen-bond acceptors (Lipinski definition) is 4. The van der Waals surface area contributed by atoms with Crippen molar-refractivity contribution in [2.45, 2.75) is 32.7 Å². The molecular weight excluding hydrogens is 370 g/mol. The van der Waals surface area contributed by atoms with Gasteiger partial charge in [0.05, 0.1) is 16.8 Å². The van der Waals surface area contributed by atoms with Crippen molar-refractivity contribution in [3.8, 4) is 0 Å². The number of fused-ring (bicyclic) bond motifs is 1. The predicted molar refractivity (Wildman–Crippen MR) is 108 cm³/mol. The van der Waals surface area contributed by atoms with Gasteiger partial charge in [-0.1, -0.05) is 6.92 Å². The molecule has 2 aliphatic rings. The van der Waals surface area contributed by atoms with Crippen molar-refractivity contribution in [3.63, 3.8) is 0 Å². The minimum absolute atomic E-state index is 0.107. The number of imide groups is 1. The van der Waals surface area contributed by atoms with Crippen LogP contribution in [0.4, 0.5) is 11.4 Å². The lowest BCUT2D eigenvalue weighted by Crippen LogP contribution is -2.50. The van der Waals surface area contributed by atoms with Crippen LogP contribution in [0.25, 0.3) is 0 Å². The van der Waals surface area contributed by atoms with E-state index in [1.165, 1.54) is 13.0 Å². The third kappa shape index (κ3) is 3.18. The normalized spacial score (nSPS) is 17.8. The minimum atomic E-state index is -0.456. The summed E-state index contributed by atoms with van der Waals surface area (Å²) in [4.78, 5) is 52.5. The van der Waals surface area contributed by atoms with E-state index in [-0.39, 0.29) is 29.0 Å². The molecule has 148 valence electrons. The Morgan fingerprint density at radius 1 is 1.03 bits per heavy atom. The van der Waals surface area contributed by atoms with Gasteiger partial charge in [-0.2, -0.15) is 0 Å².